The van der Waals surface area contributed by atoms with Crippen LogP contribution in [0.2, 0.25) is 0 Å². The number of fused-ring (bicyclic) bond motifs is 1. The van der Waals surface area contributed by atoms with Crippen molar-refractivity contribution in [3.05, 3.63) is 48.2 Å². The van der Waals surface area contributed by atoms with Gasteiger partial charge in [0.05, 0.1) is 0 Å². The van der Waals surface area contributed by atoms with E-state index >= 15 is 0 Å². The number of carbonyl (C=O) groups excluding carboxylic acids is 1. The molecule has 0 saturated carbocycles. The average Bonchev–Trinajstić information content (AvgIpc) is 3.34. The summed E-state index contributed by atoms with van der Waals surface area (Å²) in [7, 11) is 0. The predicted octanol–water partition coefficient (Wildman–Crippen LogP) is 2.48. The van der Waals surface area contributed by atoms with Crippen LogP contribution in [0.15, 0.2) is 36.8 Å². The molecule has 1 N–H and O–H groups in total. The molecule has 24 heavy (non-hydrogen) atoms. The molecular weight excluding hydrogens is 302 g/mol. The smallest absolute Gasteiger partial charge is 0.253 e. The lowest BCUT2D eigenvalue weighted by Gasteiger charge is -2.16. The van der Waals surface area contributed by atoms with Crippen LogP contribution in [0.5, 0.6) is 0 Å². The summed E-state index contributed by atoms with van der Waals surface area (Å²) in [5.74, 6) is 1.59. The number of aromatic amines is 1. The number of benzene rings is 1. The molecule has 0 radical (unpaired) electrons. The average molecular weight is 323 g/mol. The molecule has 0 aliphatic carbocycles. The third-order valence-electron chi connectivity index (χ3n) is 4.88. The summed E-state index contributed by atoms with van der Waals surface area (Å²) in [5.41, 5.74) is 1.76. The summed E-state index contributed by atoms with van der Waals surface area (Å²) >= 11 is 0. The molecule has 124 valence electrons. The molecule has 1 aliphatic rings. The monoisotopic (exact) mass is 323 g/mol. The molecule has 6 nitrogen and oxygen atoms in total. The molecule has 1 aliphatic heterocycles. The highest BCUT2D eigenvalue weighted by Gasteiger charge is 2.28. The van der Waals surface area contributed by atoms with Gasteiger partial charge in [0, 0.05) is 43.3 Å². The molecule has 3 aromatic rings. The fraction of sp³-hybridized carbons (Fsp3) is 0.389. The van der Waals surface area contributed by atoms with Crippen LogP contribution in [-0.2, 0) is 13.0 Å². The minimum absolute atomic E-state index is 0.117. The Morgan fingerprint density at radius 3 is 3.17 bits per heavy atom. The maximum atomic E-state index is 12.8. The van der Waals surface area contributed by atoms with E-state index < -0.39 is 0 Å². The van der Waals surface area contributed by atoms with Gasteiger partial charge in [0.2, 0.25) is 0 Å². The Labute approximate surface area is 140 Å². The van der Waals surface area contributed by atoms with Crippen LogP contribution in [0.1, 0.15) is 29.5 Å². The number of nitrogens with one attached hydrogen (secondary N) is 1. The van der Waals surface area contributed by atoms with E-state index in [1.54, 1.807) is 6.33 Å². The molecule has 1 fully saturated rings. The highest BCUT2D eigenvalue weighted by molar-refractivity contribution is 5.98. The van der Waals surface area contributed by atoms with E-state index in [9.17, 15) is 4.79 Å². The Morgan fingerprint density at radius 1 is 1.38 bits per heavy atom. The first-order valence-electron chi connectivity index (χ1n) is 8.47. The normalized spacial score (nSPS) is 17.7. The number of H-pyrrole nitrogens is 1. The maximum Gasteiger partial charge on any atom is 0.253 e. The highest BCUT2D eigenvalue weighted by atomic mass is 16.2. The highest BCUT2D eigenvalue weighted by Crippen LogP contribution is 2.23. The van der Waals surface area contributed by atoms with Crippen molar-refractivity contribution < 1.29 is 4.79 Å². The van der Waals surface area contributed by atoms with Gasteiger partial charge < -0.3 is 14.5 Å². The number of carbonyl (C=O) groups is 1. The number of hydrogen-bond acceptors (Lipinski definition) is 3. The van der Waals surface area contributed by atoms with Gasteiger partial charge in [0.25, 0.3) is 5.91 Å². The fourth-order valence-corrected chi connectivity index (χ4v) is 3.51. The van der Waals surface area contributed by atoms with Crippen molar-refractivity contribution in [3.8, 4) is 0 Å². The zero-order valence-electron chi connectivity index (χ0n) is 13.8. The van der Waals surface area contributed by atoms with E-state index in [1.165, 1.54) is 0 Å². The first kappa shape index (κ1) is 14.9. The number of likely N-dealkylation sites (tertiary alicyclic amines) is 1. The molecule has 1 aromatic carbocycles. The van der Waals surface area contributed by atoms with Crippen molar-refractivity contribution in [2.24, 2.45) is 5.92 Å². The van der Waals surface area contributed by atoms with Gasteiger partial charge in [-0.25, -0.2) is 0 Å². The van der Waals surface area contributed by atoms with E-state index in [0.29, 0.717) is 5.92 Å². The Hall–Kier alpha value is -2.63. The molecule has 2 aromatic heterocycles. The third-order valence-corrected chi connectivity index (χ3v) is 4.88. The summed E-state index contributed by atoms with van der Waals surface area (Å²) in [6, 6.07) is 7.87. The molecule has 1 saturated heterocycles. The second kappa shape index (κ2) is 6.11. The predicted molar refractivity (Wildman–Crippen MR) is 91.7 cm³/mol. The van der Waals surface area contributed by atoms with Gasteiger partial charge in [-0.05, 0) is 42.8 Å². The Balaban J connectivity index is 1.45. The molecule has 3 heterocycles. The Bertz CT molecular complexity index is 865. The van der Waals surface area contributed by atoms with Gasteiger partial charge >= 0.3 is 0 Å². The van der Waals surface area contributed by atoms with Crippen molar-refractivity contribution in [2.75, 3.05) is 13.1 Å². The van der Waals surface area contributed by atoms with Crippen molar-refractivity contribution in [1.29, 1.82) is 0 Å². The summed E-state index contributed by atoms with van der Waals surface area (Å²) in [6.07, 6.45) is 5.58. The standard InChI is InChI=1S/C18H21N5O/c1-2-22-12-20-21-17(22)9-13-6-8-23(11-13)18(24)15-4-3-14-5-7-19-16(14)10-15/h3-5,7,10,12-13,19H,2,6,8-9,11H2,1H3. The molecule has 1 amide bonds. The minimum Gasteiger partial charge on any atom is -0.361 e. The summed E-state index contributed by atoms with van der Waals surface area (Å²) in [5, 5.41) is 9.33. The second-order valence-corrected chi connectivity index (χ2v) is 6.42. The van der Waals surface area contributed by atoms with Crippen LogP contribution in [0.4, 0.5) is 0 Å². The van der Waals surface area contributed by atoms with Gasteiger partial charge in [0.15, 0.2) is 0 Å². The number of amides is 1. The molecule has 6 heteroatoms. The lowest BCUT2D eigenvalue weighted by atomic mass is 10.0. The second-order valence-electron chi connectivity index (χ2n) is 6.42. The maximum absolute atomic E-state index is 12.8. The third kappa shape index (κ3) is 2.68. The largest absolute Gasteiger partial charge is 0.361 e. The zero-order chi connectivity index (χ0) is 16.5. The van der Waals surface area contributed by atoms with Crippen molar-refractivity contribution in [3.63, 3.8) is 0 Å². The van der Waals surface area contributed by atoms with E-state index in [-0.39, 0.29) is 5.91 Å². The van der Waals surface area contributed by atoms with Crippen LogP contribution in [-0.4, -0.2) is 43.6 Å². The van der Waals surface area contributed by atoms with Gasteiger partial charge in [-0.15, -0.1) is 10.2 Å². The fourth-order valence-electron chi connectivity index (χ4n) is 3.51. The summed E-state index contributed by atoms with van der Waals surface area (Å²) < 4.78 is 2.07. The van der Waals surface area contributed by atoms with E-state index in [2.05, 4.69) is 26.7 Å². The first-order valence-corrected chi connectivity index (χ1v) is 8.47. The SMILES string of the molecule is CCn1cnnc1CC1CCN(C(=O)c2ccc3cc[nH]c3c2)C1. The number of nitrogens with zero attached hydrogens (tertiary/aromatic N) is 4. The summed E-state index contributed by atoms with van der Waals surface area (Å²) in [4.78, 5) is 17.9. The van der Waals surface area contributed by atoms with Crippen LogP contribution in [0.3, 0.4) is 0 Å². The number of rotatable bonds is 4. The van der Waals surface area contributed by atoms with Gasteiger partial charge in [-0.2, -0.15) is 0 Å². The summed E-state index contributed by atoms with van der Waals surface area (Å²) in [6.45, 7) is 4.58. The lowest BCUT2D eigenvalue weighted by molar-refractivity contribution is 0.0787. The first-order chi connectivity index (χ1) is 11.7. The van der Waals surface area contributed by atoms with Crippen LogP contribution in [0, 0.1) is 5.92 Å². The number of hydrogen-bond donors (Lipinski definition) is 1. The van der Waals surface area contributed by atoms with Gasteiger partial charge in [0.1, 0.15) is 12.2 Å². The Morgan fingerprint density at radius 2 is 2.29 bits per heavy atom. The minimum atomic E-state index is 0.117. The molecule has 4 rings (SSSR count). The van der Waals surface area contributed by atoms with Crippen molar-refractivity contribution in [2.45, 2.75) is 26.3 Å². The Kier molecular flexibility index (Phi) is 3.80. The number of aromatic nitrogens is 4. The molecule has 0 bridgehead atoms. The molecule has 1 atom stereocenters. The zero-order valence-corrected chi connectivity index (χ0v) is 13.8. The molecular formula is C18H21N5O. The quantitative estimate of drug-likeness (QED) is 0.802. The van der Waals surface area contributed by atoms with Gasteiger partial charge in [-0.3, -0.25) is 4.79 Å². The van der Waals surface area contributed by atoms with Crippen molar-refractivity contribution >= 4 is 16.8 Å². The number of aryl methyl sites for hydroxylation is 1. The molecule has 1 unspecified atom stereocenters. The van der Waals surface area contributed by atoms with Crippen molar-refractivity contribution in [1.82, 2.24) is 24.6 Å². The van der Waals surface area contributed by atoms with Crippen LogP contribution >= 0.6 is 0 Å². The molecule has 0 spiro atoms. The topological polar surface area (TPSA) is 66.8 Å². The van der Waals surface area contributed by atoms with Gasteiger partial charge in [-0.1, -0.05) is 6.07 Å². The lowest BCUT2D eigenvalue weighted by Crippen LogP contribution is -2.29. The van der Waals surface area contributed by atoms with E-state index in [1.807, 2.05) is 35.4 Å². The van der Waals surface area contributed by atoms with Crippen LogP contribution in [0.25, 0.3) is 10.9 Å². The van der Waals surface area contributed by atoms with E-state index in [4.69, 9.17) is 0 Å². The van der Waals surface area contributed by atoms with Crippen LogP contribution < -0.4 is 0 Å². The van der Waals surface area contributed by atoms with E-state index in [0.717, 1.165) is 54.8 Å².